The predicted molar refractivity (Wildman–Crippen MR) is 127 cm³/mol. The second-order valence-corrected chi connectivity index (χ2v) is 9.99. The zero-order valence-corrected chi connectivity index (χ0v) is 19.2. The molecule has 0 spiro atoms. The molecule has 31 heavy (non-hydrogen) atoms. The smallest absolute Gasteiger partial charge is 0.231 e. The van der Waals surface area contributed by atoms with Gasteiger partial charge in [0, 0.05) is 31.5 Å². The average molecular weight is 421 g/mol. The van der Waals surface area contributed by atoms with E-state index in [1.54, 1.807) is 6.20 Å². The van der Waals surface area contributed by atoms with Gasteiger partial charge in [-0.1, -0.05) is 32.9 Å². The lowest BCUT2D eigenvalue weighted by atomic mass is 9.86. The van der Waals surface area contributed by atoms with Crippen molar-refractivity contribution in [3.8, 4) is 0 Å². The first-order valence-corrected chi connectivity index (χ1v) is 11.7. The molecule has 4 rings (SSSR count). The molecule has 0 atom stereocenters. The molecule has 1 N–H and O–H groups in total. The number of hydrogen-bond donors (Lipinski definition) is 1. The quantitative estimate of drug-likeness (QED) is 0.701. The van der Waals surface area contributed by atoms with E-state index >= 15 is 0 Å². The number of hydrogen-bond acceptors (Lipinski definition) is 4. The molecule has 5 heteroatoms. The fourth-order valence-electron chi connectivity index (χ4n) is 4.62. The summed E-state index contributed by atoms with van der Waals surface area (Å²) in [5, 5.41) is 3.10. The van der Waals surface area contributed by atoms with Gasteiger partial charge in [-0.2, -0.15) is 0 Å². The highest BCUT2D eigenvalue weighted by Gasteiger charge is 2.33. The fraction of sp³-hybridized carbons (Fsp3) is 0.538. The number of nitrogens with zero attached hydrogens (tertiary/aromatic N) is 3. The van der Waals surface area contributed by atoms with Crippen LogP contribution in [0.4, 0.5) is 11.4 Å². The topological polar surface area (TPSA) is 48.5 Å². The van der Waals surface area contributed by atoms with Crippen molar-refractivity contribution in [1.82, 2.24) is 9.88 Å². The molecule has 2 aromatic rings. The first-order chi connectivity index (χ1) is 14.9. The molecule has 2 saturated heterocycles. The Balaban J connectivity index is 1.23. The van der Waals surface area contributed by atoms with E-state index in [1.807, 2.05) is 18.3 Å². The molecule has 3 heterocycles. The molecular weight excluding hydrogens is 384 g/mol. The molecule has 0 aliphatic carbocycles. The number of aromatic nitrogens is 1. The summed E-state index contributed by atoms with van der Waals surface area (Å²) in [4.78, 5) is 21.5. The number of anilines is 2. The van der Waals surface area contributed by atoms with Gasteiger partial charge in [0.05, 0.1) is 17.8 Å². The van der Waals surface area contributed by atoms with Crippen molar-refractivity contribution >= 4 is 17.3 Å². The van der Waals surface area contributed by atoms with Gasteiger partial charge in [-0.15, -0.1) is 0 Å². The molecule has 1 aromatic carbocycles. The van der Waals surface area contributed by atoms with Crippen LogP contribution in [0.1, 0.15) is 51.5 Å². The first-order valence-electron chi connectivity index (χ1n) is 11.7. The maximum Gasteiger partial charge on any atom is 0.231 e. The van der Waals surface area contributed by atoms with E-state index in [0.29, 0.717) is 11.3 Å². The standard InChI is InChI=1S/C26H36N4O/c1-4-26(2,3)19-29-14-11-21(12-15-29)20-7-9-23(10-8-20)28-25(31)22-17-30(18-22)24-6-5-13-27-16-24/h5-10,13,16,21-22H,4,11-12,14-15,17-19H2,1-3H3,(H,28,31). The van der Waals surface area contributed by atoms with Gasteiger partial charge < -0.3 is 15.1 Å². The Kier molecular flexibility index (Phi) is 6.61. The summed E-state index contributed by atoms with van der Waals surface area (Å²) >= 11 is 0. The van der Waals surface area contributed by atoms with Gasteiger partial charge >= 0.3 is 0 Å². The monoisotopic (exact) mass is 420 g/mol. The van der Waals surface area contributed by atoms with Crippen molar-refractivity contribution in [3.05, 3.63) is 54.4 Å². The van der Waals surface area contributed by atoms with Gasteiger partial charge in [-0.25, -0.2) is 0 Å². The van der Waals surface area contributed by atoms with E-state index in [4.69, 9.17) is 0 Å². The van der Waals surface area contributed by atoms with Crippen molar-refractivity contribution < 1.29 is 4.79 Å². The number of piperidine rings is 1. The predicted octanol–water partition coefficient (Wildman–Crippen LogP) is 4.77. The average Bonchev–Trinajstić information content (AvgIpc) is 2.74. The Labute approximate surface area is 186 Å². The third-order valence-electron chi connectivity index (χ3n) is 7.11. The van der Waals surface area contributed by atoms with Crippen molar-refractivity contribution in [2.75, 3.05) is 42.9 Å². The number of rotatable bonds is 7. The molecule has 0 bridgehead atoms. The Morgan fingerprint density at radius 3 is 2.45 bits per heavy atom. The number of amides is 1. The number of carbonyl (C=O) groups excluding carboxylic acids is 1. The second kappa shape index (κ2) is 9.39. The third-order valence-corrected chi connectivity index (χ3v) is 7.11. The molecule has 1 aromatic heterocycles. The van der Waals surface area contributed by atoms with E-state index in [0.717, 1.165) is 24.5 Å². The van der Waals surface area contributed by atoms with Crippen LogP contribution in [0.25, 0.3) is 0 Å². The maximum atomic E-state index is 12.6. The van der Waals surface area contributed by atoms with Crippen molar-refractivity contribution in [3.63, 3.8) is 0 Å². The number of carbonyl (C=O) groups is 1. The molecule has 1 amide bonds. The van der Waals surface area contributed by atoms with Crippen LogP contribution in [0.3, 0.4) is 0 Å². The zero-order chi connectivity index (χ0) is 21.8. The molecule has 166 valence electrons. The minimum Gasteiger partial charge on any atom is -0.369 e. The number of likely N-dealkylation sites (tertiary alicyclic amines) is 1. The van der Waals surface area contributed by atoms with Crippen LogP contribution in [0.15, 0.2) is 48.8 Å². The van der Waals surface area contributed by atoms with E-state index in [9.17, 15) is 4.79 Å². The molecule has 0 unspecified atom stereocenters. The van der Waals surface area contributed by atoms with Crippen molar-refractivity contribution in [1.29, 1.82) is 0 Å². The molecule has 5 nitrogen and oxygen atoms in total. The summed E-state index contributed by atoms with van der Waals surface area (Å²) in [6.07, 6.45) is 7.29. The van der Waals surface area contributed by atoms with Crippen LogP contribution in [0.2, 0.25) is 0 Å². The van der Waals surface area contributed by atoms with Gasteiger partial charge in [-0.3, -0.25) is 9.78 Å². The lowest BCUT2D eigenvalue weighted by molar-refractivity contribution is -0.120. The highest BCUT2D eigenvalue weighted by atomic mass is 16.2. The van der Waals surface area contributed by atoms with Crippen LogP contribution < -0.4 is 10.2 Å². The normalized spacial score (nSPS) is 18.6. The molecule has 0 saturated carbocycles. The SMILES string of the molecule is CCC(C)(C)CN1CCC(c2ccc(NC(=O)C3CN(c4cccnc4)C3)cc2)CC1. The van der Waals surface area contributed by atoms with E-state index in [1.165, 1.54) is 44.5 Å². The van der Waals surface area contributed by atoms with Gasteiger partial charge in [0.25, 0.3) is 0 Å². The maximum absolute atomic E-state index is 12.6. The highest BCUT2D eigenvalue weighted by Crippen LogP contribution is 2.31. The van der Waals surface area contributed by atoms with Gasteiger partial charge in [0.15, 0.2) is 0 Å². The Morgan fingerprint density at radius 1 is 1.13 bits per heavy atom. The van der Waals surface area contributed by atoms with Crippen molar-refractivity contribution in [2.24, 2.45) is 11.3 Å². The summed E-state index contributed by atoms with van der Waals surface area (Å²) < 4.78 is 0. The molecule has 2 fully saturated rings. The molecule has 2 aliphatic rings. The van der Waals surface area contributed by atoms with Crippen LogP contribution in [0, 0.1) is 11.3 Å². The number of nitrogens with one attached hydrogen (secondary N) is 1. The Bertz CT molecular complexity index is 851. The minimum atomic E-state index is 0.0385. The molecule has 0 radical (unpaired) electrons. The molecular formula is C26H36N4O. The lowest BCUT2D eigenvalue weighted by Gasteiger charge is -2.39. The van der Waals surface area contributed by atoms with Crippen LogP contribution >= 0.6 is 0 Å². The summed E-state index contributed by atoms with van der Waals surface area (Å²) in [7, 11) is 0. The number of pyridine rings is 1. The van der Waals surface area contributed by atoms with Crippen LogP contribution in [0.5, 0.6) is 0 Å². The number of benzene rings is 1. The molecule has 2 aliphatic heterocycles. The fourth-order valence-corrected chi connectivity index (χ4v) is 4.62. The van der Waals surface area contributed by atoms with Gasteiger partial charge in [0.2, 0.25) is 5.91 Å². The highest BCUT2D eigenvalue weighted by molar-refractivity contribution is 5.94. The summed E-state index contributed by atoms with van der Waals surface area (Å²) in [5.41, 5.74) is 3.79. The summed E-state index contributed by atoms with van der Waals surface area (Å²) in [6, 6.07) is 12.5. The van der Waals surface area contributed by atoms with E-state index in [2.05, 4.69) is 65.1 Å². The van der Waals surface area contributed by atoms with Gasteiger partial charge in [-0.05, 0) is 73.5 Å². The Hall–Kier alpha value is -2.40. The van der Waals surface area contributed by atoms with E-state index < -0.39 is 0 Å². The first kappa shape index (κ1) is 21.8. The summed E-state index contributed by atoms with van der Waals surface area (Å²) in [5.74, 6) is 0.779. The largest absolute Gasteiger partial charge is 0.369 e. The lowest BCUT2D eigenvalue weighted by Crippen LogP contribution is -2.52. The van der Waals surface area contributed by atoms with Gasteiger partial charge in [0.1, 0.15) is 0 Å². The van der Waals surface area contributed by atoms with Crippen LogP contribution in [-0.2, 0) is 4.79 Å². The second-order valence-electron chi connectivity index (χ2n) is 9.99. The minimum absolute atomic E-state index is 0.0385. The van der Waals surface area contributed by atoms with Crippen molar-refractivity contribution in [2.45, 2.75) is 46.0 Å². The van der Waals surface area contributed by atoms with Crippen LogP contribution in [-0.4, -0.2) is 48.5 Å². The zero-order valence-electron chi connectivity index (χ0n) is 19.2. The summed E-state index contributed by atoms with van der Waals surface area (Å²) in [6.45, 7) is 12.1. The Morgan fingerprint density at radius 2 is 1.84 bits per heavy atom. The third kappa shape index (κ3) is 5.45. The van der Waals surface area contributed by atoms with E-state index in [-0.39, 0.29) is 11.8 Å².